The number of oxazole rings is 1. The molecular weight excluding hydrogens is 400 g/mol. The second kappa shape index (κ2) is 9.61. The number of esters is 1. The van der Waals surface area contributed by atoms with Crippen molar-refractivity contribution in [2.45, 2.75) is 24.6 Å². The number of nitrogens with one attached hydrogen (secondary N) is 1. The maximum absolute atomic E-state index is 12.5. The van der Waals surface area contributed by atoms with Crippen LogP contribution in [0.2, 0.25) is 5.02 Å². The summed E-state index contributed by atoms with van der Waals surface area (Å²) in [5, 5.41) is 3.74. The van der Waals surface area contributed by atoms with Gasteiger partial charge in [-0.05, 0) is 30.7 Å². The number of fused-ring (bicyclic) bond motifs is 1. The number of hydrogen-bond acceptors (Lipinski definition) is 6. The molecule has 0 saturated heterocycles. The lowest BCUT2D eigenvalue weighted by molar-refractivity contribution is -0.143. The third-order valence-electron chi connectivity index (χ3n) is 3.89. The van der Waals surface area contributed by atoms with E-state index in [9.17, 15) is 9.59 Å². The molecule has 28 heavy (non-hydrogen) atoms. The fraction of sp³-hybridized carbons (Fsp3) is 0.250. The lowest BCUT2D eigenvalue weighted by Gasteiger charge is -2.19. The summed E-state index contributed by atoms with van der Waals surface area (Å²) in [6, 6.07) is 13.9. The second-order valence-electron chi connectivity index (χ2n) is 5.89. The highest BCUT2D eigenvalue weighted by atomic mass is 35.5. The van der Waals surface area contributed by atoms with Crippen molar-refractivity contribution in [1.82, 2.24) is 10.3 Å². The number of nitrogens with zero attached hydrogens (tertiary/aromatic N) is 1. The topological polar surface area (TPSA) is 81.4 Å². The number of hydrogen-bond donors (Lipinski definition) is 1. The molecule has 6 nitrogen and oxygen atoms in total. The van der Waals surface area contributed by atoms with Gasteiger partial charge in [0.2, 0.25) is 5.91 Å². The largest absolute Gasteiger partial charge is 0.466 e. The number of thioether (sulfide) groups is 1. The van der Waals surface area contributed by atoms with Crippen molar-refractivity contribution in [3.63, 3.8) is 0 Å². The Balaban J connectivity index is 1.66. The Kier molecular flexibility index (Phi) is 6.95. The van der Waals surface area contributed by atoms with Gasteiger partial charge in [0.05, 0.1) is 24.8 Å². The molecule has 0 saturated carbocycles. The second-order valence-corrected chi connectivity index (χ2v) is 7.22. The fourth-order valence-corrected chi connectivity index (χ4v) is 3.58. The Morgan fingerprint density at radius 1 is 1.21 bits per heavy atom. The summed E-state index contributed by atoms with van der Waals surface area (Å²) < 4.78 is 10.6. The van der Waals surface area contributed by atoms with Crippen LogP contribution < -0.4 is 5.32 Å². The van der Waals surface area contributed by atoms with Gasteiger partial charge < -0.3 is 14.5 Å². The number of carbonyl (C=O) groups is 2. The molecule has 1 N–H and O–H groups in total. The van der Waals surface area contributed by atoms with Gasteiger partial charge in [-0.3, -0.25) is 9.59 Å². The maximum Gasteiger partial charge on any atom is 0.308 e. The molecule has 1 aromatic heterocycles. The molecule has 0 bridgehead atoms. The molecule has 1 amide bonds. The van der Waals surface area contributed by atoms with E-state index in [1.54, 1.807) is 31.2 Å². The minimum atomic E-state index is -0.579. The molecule has 1 heterocycles. The Hall–Kier alpha value is -2.51. The van der Waals surface area contributed by atoms with Crippen LogP contribution in [-0.2, 0) is 14.3 Å². The van der Waals surface area contributed by atoms with Crippen molar-refractivity contribution in [2.75, 3.05) is 12.4 Å². The summed E-state index contributed by atoms with van der Waals surface area (Å²) in [6.45, 7) is 2.01. The van der Waals surface area contributed by atoms with E-state index in [1.807, 2.05) is 24.3 Å². The quantitative estimate of drug-likeness (QED) is 0.431. The average Bonchev–Trinajstić information content (AvgIpc) is 3.09. The Labute approximate surface area is 171 Å². The average molecular weight is 419 g/mol. The van der Waals surface area contributed by atoms with Crippen molar-refractivity contribution in [1.29, 1.82) is 0 Å². The summed E-state index contributed by atoms with van der Waals surface area (Å²) >= 11 is 7.43. The maximum atomic E-state index is 12.5. The number of carbonyl (C=O) groups excluding carboxylic acids is 2. The Morgan fingerprint density at radius 3 is 2.71 bits per heavy atom. The van der Waals surface area contributed by atoms with Gasteiger partial charge in [-0.15, -0.1) is 0 Å². The van der Waals surface area contributed by atoms with Crippen molar-refractivity contribution in [3.8, 4) is 0 Å². The summed E-state index contributed by atoms with van der Waals surface area (Å²) in [5.74, 6) is -0.572. The smallest absolute Gasteiger partial charge is 0.308 e. The molecule has 0 radical (unpaired) electrons. The number of para-hydroxylation sites is 2. The van der Waals surface area contributed by atoms with Crippen LogP contribution in [0.1, 0.15) is 24.9 Å². The first-order chi connectivity index (χ1) is 13.6. The van der Waals surface area contributed by atoms with Crippen LogP contribution in [0.15, 0.2) is 58.2 Å². The Bertz CT molecular complexity index is 943. The van der Waals surface area contributed by atoms with Crippen LogP contribution in [0.5, 0.6) is 0 Å². The van der Waals surface area contributed by atoms with E-state index in [4.69, 9.17) is 20.8 Å². The minimum Gasteiger partial charge on any atom is -0.466 e. The number of amides is 1. The van der Waals surface area contributed by atoms with Gasteiger partial charge in [0.25, 0.3) is 5.22 Å². The summed E-state index contributed by atoms with van der Waals surface area (Å²) in [5.41, 5.74) is 2.07. The molecule has 0 unspecified atom stereocenters. The molecule has 2 aromatic carbocycles. The van der Waals surface area contributed by atoms with Gasteiger partial charge in [0, 0.05) is 5.02 Å². The van der Waals surface area contributed by atoms with Crippen molar-refractivity contribution >= 4 is 46.3 Å². The van der Waals surface area contributed by atoms with Gasteiger partial charge in [-0.25, -0.2) is 4.98 Å². The lowest BCUT2D eigenvalue weighted by atomic mass is 10.0. The molecule has 0 aliphatic rings. The zero-order valence-corrected chi connectivity index (χ0v) is 16.8. The molecule has 8 heteroatoms. The first-order valence-corrected chi connectivity index (χ1v) is 10.1. The van der Waals surface area contributed by atoms with E-state index < -0.39 is 12.0 Å². The van der Waals surface area contributed by atoms with Crippen molar-refractivity contribution in [3.05, 3.63) is 59.1 Å². The molecule has 1 atom stereocenters. The molecule has 3 aromatic rings. The van der Waals surface area contributed by atoms with E-state index in [-0.39, 0.29) is 24.7 Å². The third-order valence-corrected chi connectivity index (χ3v) is 5.07. The van der Waals surface area contributed by atoms with E-state index >= 15 is 0 Å². The molecule has 0 aliphatic heterocycles. The van der Waals surface area contributed by atoms with Gasteiger partial charge in [0.1, 0.15) is 5.52 Å². The predicted molar refractivity (Wildman–Crippen MR) is 108 cm³/mol. The highest BCUT2D eigenvalue weighted by Crippen LogP contribution is 2.27. The number of ether oxygens (including phenoxy) is 1. The van der Waals surface area contributed by atoms with E-state index in [0.29, 0.717) is 21.4 Å². The minimum absolute atomic E-state index is 0.00311. The number of rotatable bonds is 8. The number of aromatic nitrogens is 1. The van der Waals surface area contributed by atoms with Crippen LogP contribution in [0.25, 0.3) is 11.1 Å². The van der Waals surface area contributed by atoms with E-state index in [0.717, 1.165) is 5.52 Å². The lowest BCUT2D eigenvalue weighted by Crippen LogP contribution is -2.32. The normalized spacial score (nSPS) is 11.9. The molecule has 0 fully saturated rings. The first kappa shape index (κ1) is 20.2. The number of halogens is 1. The van der Waals surface area contributed by atoms with Gasteiger partial charge in [-0.2, -0.15) is 0 Å². The third kappa shape index (κ3) is 5.27. The summed E-state index contributed by atoms with van der Waals surface area (Å²) in [7, 11) is 0. The molecular formula is C20H19ClN2O4S. The molecule has 0 aliphatic carbocycles. The summed E-state index contributed by atoms with van der Waals surface area (Å²) in [4.78, 5) is 28.8. The monoisotopic (exact) mass is 418 g/mol. The zero-order chi connectivity index (χ0) is 19.9. The van der Waals surface area contributed by atoms with E-state index in [1.165, 1.54) is 11.8 Å². The van der Waals surface area contributed by atoms with Crippen LogP contribution in [0, 0.1) is 0 Å². The predicted octanol–water partition coefficient (Wildman–Crippen LogP) is 4.38. The zero-order valence-electron chi connectivity index (χ0n) is 15.2. The highest BCUT2D eigenvalue weighted by molar-refractivity contribution is 7.99. The first-order valence-electron chi connectivity index (χ1n) is 8.74. The van der Waals surface area contributed by atoms with Crippen LogP contribution in [0.4, 0.5) is 0 Å². The molecule has 3 rings (SSSR count). The molecule has 0 spiro atoms. The highest BCUT2D eigenvalue weighted by Gasteiger charge is 2.21. The van der Waals surface area contributed by atoms with Gasteiger partial charge in [0.15, 0.2) is 5.58 Å². The fourth-order valence-electron chi connectivity index (χ4n) is 2.66. The standard InChI is InChI=1S/C20H19ClN2O4S/c1-2-26-19(25)11-16(13-7-3-4-8-14(13)21)22-18(24)12-28-20-23-15-9-5-6-10-17(15)27-20/h3-10,16H,2,11-12H2,1H3,(H,22,24)/t16-/m0/s1. The van der Waals surface area contributed by atoms with Crippen molar-refractivity contribution in [2.24, 2.45) is 0 Å². The van der Waals surface area contributed by atoms with Crippen LogP contribution in [0.3, 0.4) is 0 Å². The van der Waals surface area contributed by atoms with Crippen molar-refractivity contribution < 1.29 is 18.7 Å². The summed E-state index contributed by atoms with van der Waals surface area (Å²) in [6.07, 6.45) is -0.00311. The van der Waals surface area contributed by atoms with Crippen LogP contribution in [-0.4, -0.2) is 29.2 Å². The van der Waals surface area contributed by atoms with Gasteiger partial charge >= 0.3 is 5.97 Å². The van der Waals surface area contributed by atoms with Gasteiger partial charge in [-0.1, -0.05) is 53.7 Å². The molecule has 146 valence electrons. The Morgan fingerprint density at radius 2 is 1.96 bits per heavy atom. The van der Waals surface area contributed by atoms with E-state index in [2.05, 4.69) is 10.3 Å². The number of benzene rings is 2. The SMILES string of the molecule is CCOC(=O)C[C@H](NC(=O)CSc1nc2ccccc2o1)c1ccccc1Cl. The van der Waals surface area contributed by atoms with Crippen LogP contribution >= 0.6 is 23.4 Å².